The lowest BCUT2D eigenvalue weighted by Crippen LogP contribution is -2.38. The number of anilines is 2. The van der Waals surface area contributed by atoms with Crippen molar-refractivity contribution in [2.45, 2.75) is 45.6 Å². The molecule has 1 saturated heterocycles. The molecular formula is C19H28N4O4S. The molecular weight excluding hydrogens is 380 g/mol. The molecule has 154 valence electrons. The Kier molecular flexibility index (Phi) is 6.12. The predicted molar refractivity (Wildman–Crippen MR) is 108 cm³/mol. The molecule has 0 spiro atoms. The average molecular weight is 409 g/mol. The number of benzene rings is 1. The topological polar surface area (TPSA) is 97.6 Å². The van der Waals surface area contributed by atoms with Gasteiger partial charge in [-0.1, -0.05) is 25.1 Å². The summed E-state index contributed by atoms with van der Waals surface area (Å²) in [5.41, 5.74) is 0.499. The number of nitrogens with one attached hydrogen (secondary N) is 1. The van der Waals surface area contributed by atoms with Crippen LogP contribution in [0, 0.1) is 5.92 Å². The zero-order chi connectivity index (χ0) is 20.3. The number of hydrogen-bond donors (Lipinski definition) is 1. The largest absolute Gasteiger partial charge is 0.490 e. The Hall–Kier alpha value is -2.29. The van der Waals surface area contributed by atoms with E-state index in [1.807, 2.05) is 19.9 Å². The summed E-state index contributed by atoms with van der Waals surface area (Å²) in [4.78, 5) is 6.59. The minimum Gasteiger partial charge on any atom is -0.490 e. The van der Waals surface area contributed by atoms with Crippen molar-refractivity contribution >= 4 is 21.7 Å². The number of nitrogens with zero attached hydrogens (tertiary/aromatic N) is 3. The van der Waals surface area contributed by atoms with Gasteiger partial charge in [0.2, 0.25) is 10.0 Å². The lowest BCUT2D eigenvalue weighted by atomic mass is 9.92. The molecule has 0 saturated carbocycles. The molecule has 0 bridgehead atoms. The van der Waals surface area contributed by atoms with Crippen LogP contribution in [0.15, 0.2) is 28.8 Å². The van der Waals surface area contributed by atoms with Gasteiger partial charge in [0, 0.05) is 25.1 Å². The van der Waals surface area contributed by atoms with Crippen LogP contribution in [0.4, 0.5) is 11.7 Å². The van der Waals surface area contributed by atoms with Gasteiger partial charge in [0.05, 0.1) is 18.0 Å². The van der Waals surface area contributed by atoms with E-state index in [1.54, 1.807) is 18.2 Å². The van der Waals surface area contributed by atoms with Crippen molar-refractivity contribution in [3.63, 3.8) is 0 Å². The zero-order valence-electron chi connectivity index (χ0n) is 16.8. The van der Waals surface area contributed by atoms with Gasteiger partial charge in [-0.3, -0.25) is 4.72 Å². The van der Waals surface area contributed by atoms with Crippen LogP contribution in [0.5, 0.6) is 5.75 Å². The minimum atomic E-state index is -3.31. The van der Waals surface area contributed by atoms with Crippen LogP contribution in [-0.4, -0.2) is 44.0 Å². The highest BCUT2D eigenvalue weighted by Gasteiger charge is 2.28. The maximum atomic E-state index is 11.4. The van der Waals surface area contributed by atoms with Crippen LogP contribution in [-0.2, 0) is 10.0 Å². The third-order valence-electron chi connectivity index (χ3n) is 4.88. The number of ether oxygens (including phenoxy) is 1. The van der Waals surface area contributed by atoms with Gasteiger partial charge >= 0.3 is 6.01 Å². The fourth-order valence-electron chi connectivity index (χ4n) is 3.31. The highest BCUT2D eigenvalue weighted by molar-refractivity contribution is 7.92. The molecule has 1 aromatic heterocycles. The van der Waals surface area contributed by atoms with Gasteiger partial charge < -0.3 is 14.2 Å². The summed E-state index contributed by atoms with van der Waals surface area (Å²) < 4.78 is 36.7. The van der Waals surface area contributed by atoms with Crippen molar-refractivity contribution in [3.8, 4) is 5.75 Å². The van der Waals surface area contributed by atoms with E-state index in [-0.39, 0.29) is 12.0 Å². The Morgan fingerprint density at radius 3 is 2.57 bits per heavy atom. The van der Waals surface area contributed by atoms with Crippen LogP contribution >= 0.6 is 0 Å². The van der Waals surface area contributed by atoms with Crippen molar-refractivity contribution in [2.24, 2.45) is 5.92 Å². The van der Waals surface area contributed by atoms with E-state index in [4.69, 9.17) is 9.26 Å². The molecule has 8 nitrogen and oxygen atoms in total. The first-order chi connectivity index (χ1) is 13.2. The third kappa shape index (κ3) is 5.37. The first-order valence-electron chi connectivity index (χ1n) is 9.54. The summed E-state index contributed by atoms with van der Waals surface area (Å²) in [5.74, 6) is 2.03. The van der Waals surface area contributed by atoms with Crippen molar-refractivity contribution in [3.05, 3.63) is 30.1 Å². The van der Waals surface area contributed by atoms with Gasteiger partial charge in [0.15, 0.2) is 5.82 Å². The van der Waals surface area contributed by atoms with E-state index in [0.29, 0.717) is 23.4 Å². The summed E-state index contributed by atoms with van der Waals surface area (Å²) in [6.07, 6.45) is 3.07. The van der Waals surface area contributed by atoms with Crippen LogP contribution in [0.3, 0.4) is 0 Å². The van der Waals surface area contributed by atoms with Crippen LogP contribution in [0.2, 0.25) is 0 Å². The second-order valence-corrected chi connectivity index (χ2v) is 9.39. The van der Waals surface area contributed by atoms with E-state index in [1.165, 1.54) is 0 Å². The lowest BCUT2D eigenvalue weighted by Gasteiger charge is -2.33. The van der Waals surface area contributed by atoms with Crippen LogP contribution < -0.4 is 14.4 Å². The smallest absolute Gasteiger partial charge is 0.324 e. The quantitative estimate of drug-likeness (QED) is 0.751. The molecule has 1 aliphatic heterocycles. The Balaban J connectivity index is 1.55. The van der Waals surface area contributed by atoms with E-state index < -0.39 is 10.0 Å². The molecule has 1 atom stereocenters. The molecule has 1 fully saturated rings. The highest BCUT2D eigenvalue weighted by atomic mass is 32.2. The number of hydrogen-bond acceptors (Lipinski definition) is 7. The fourth-order valence-corrected chi connectivity index (χ4v) is 3.86. The van der Waals surface area contributed by atoms with Gasteiger partial charge in [-0.25, -0.2) is 8.42 Å². The SMILES string of the molecule is CC(C)c1noc(N2CCC(C(C)Oc3cccc(NS(C)(=O)=O)c3)CC2)n1. The Labute approximate surface area is 166 Å². The molecule has 0 amide bonds. The normalized spacial score (nSPS) is 17.0. The van der Waals surface area contributed by atoms with Crippen molar-refractivity contribution in [1.29, 1.82) is 0 Å². The van der Waals surface area contributed by atoms with E-state index in [0.717, 1.165) is 38.0 Å². The molecule has 2 heterocycles. The average Bonchev–Trinajstić information content (AvgIpc) is 3.11. The van der Waals surface area contributed by atoms with E-state index in [9.17, 15) is 8.42 Å². The molecule has 0 radical (unpaired) electrons. The van der Waals surface area contributed by atoms with Gasteiger partial charge in [0.1, 0.15) is 5.75 Å². The van der Waals surface area contributed by atoms with Gasteiger partial charge in [0.25, 0.3) is 0 Å². The molecule has 2 aromatic rings. The van der Waals surface area contributed by atoms with Crippen molar-refractivity contribution in [1.82, 2.24) is 10.1 Å². The first-order valence-corrected chi connectivity index (χ1v) is 11.4. The predicted octanol–water partition coefficient (Wildman–Crippen LogP) is 3.25. The molecule has 3 rings (SSSR count). The maximum absolute atomic E-state index is 11.4. The monoisotopic (exact) mass is 408 g/mol. The number of rotatable bonds is 7. The summed E-state index contributed by atoms with van der Waals surface area (Å²) >= 11 is 0. The lowest BCUT2D eigenvalue weighted by molar-refractivity contribution is 0.132. The summed E-state index contributed by atoms with van der Waals surface area (Å²) in [7, 11) is -3.31. The third-order valence-corrected chi connectivity index (χ3v) is 5.49. The summed E-state index contributed by atoms with van der Waals surface area (Å²) in [5, 5.41) is 4.03. The van der Waals surface area contributed by atoms with Crippen LogP contribution in [0.1, 0.15) is 45.4 Å². The summed E-state index contributed by atoms with van der Waals surface area (Å²) in [6.45, 7) is 7.82. The second kappa shape index (κ2) is 8.38. The standard InChI is InChI=1S/C19H28N4O4S/c1-13(2)18-20-19(27-21-18)23-10-8-15(9-11-23)14(3)26-17-7-5-6-16(12-17)22-28(4,24)25/h5-7,12-15,22H,8-11H2,1-4H3. The second-order valence-electron chi connectivity index (χ2n) is 7.64. The molecule has 1 aliphatic rings. The van der Waals surface area contributed by atoms with Gasteiger partial charge in [-0.05, 0) is 37.8 Å². The Bertz CT molecular complexity index is 889. The van der Waals surface area contributed by atoms with Crippen molar-refractivity contribution in [2.75, 3.05) is 29.0 Å². The number of aromatic nitrogens is 2. The Morgan fingerprint density at radius 2 is 1.96 bits per heavy atom. The van der Waals surface area contributed by atoms with Gasteiger partial charge in [-0.2, -0.15) is 4.98 Å². The summed E-state index contributed by atoms with van der Waals surface area (Å²) in [6, 6.07) is 7.62. The number of sulfonamides is 1. The molecule has 1 unspecified atom stereocenters. The fraction of sp³-hybridized carbons (Fsp3) is 0.579. The van der Waals surface area contributed by atoms with Crippen LogP contribution in [0.25, 0.3) is 0 Å². The van der Waals surface area contributed by atoms with E-state index >= 15 is 0 Å². The van der Waals surface area contributed by atoms with Gasteiger partial charge in [-0.15, -0.1) is 0 Å². The molecule has 0 aliphatic carbocycles. The molecule has 9 heteroatoms. The molecule has 1 aromatic carbocycles. The molecule has 28 heavy (non-hydrogen) atoms. The molecule has 1 N–H and O–H groups in total. The minimum absolute atomic E-state index is 0.0181. The van der Waals surface area contributed by atoms with E-state index in [2.05, 4.69) is 26.7 Å². The Morgan fingerprint density at radius 1 is 1.25 bits per heavy atom. The maximum Gasteiger partial charge on any atom is 0.324 e. The van der Waals surface area contributed by atoms with Crippen molar-refractivity contribution < 1.29 is 17.7 Å². The first kappa shape index (κ1) is 20.4. The zero-order valence-corrected chi connectivity index (χ0v) is 17.6. The highest BCUT2D eigenvalue weighted by Crippen LogP contribution is 2.28. The number of piperidine rings is 1.